The summed E-state index contributed by atoms with van der Waals surface area (Å²) in [5.41, 5.74) is 2.45. The molecule has 0 saturated heterocycles. The summed E-state index contributed by atoms with van der Waals surface area (Å²) < 4.78 is 19.1. The maximum absolute atomic E-state index is 13.9. The Bertz CT molecular complexity index is 755. The molecule has 124 valence electrons. The standard InChI is InChI=1S/C16H18BFN4O2/c18-14-8-19-16(22-15(14)20-11-3-1-2-4-11)21-12-5-6-13-10(7-12)9-24-17(13)23/h5-8,11,23H,1-4,9H2,(H2,19,20,21,22). The fraction of sp³-hybridized carbons (Fsp3) is 0.375. The minimum Gasteiger partial charge on any atom is -0.423 e. The molecule has 1 saturated carbocycles. The molecule has 2 heterocycles. The van der Waals surface area contributed by atoms with Gasteiger partial charge in [-0.15, -0.1) is 0 Å². The third kappa shape index (κ3) is 3.07. The zero-order valence-corrected chi connectivity index (χ0v) is 13.1. The fourth-order valence-corrected chi connectivity index (χ4v) is 3.23. The van der Waals surface area contributed by atoms with Crippen LogP contribution in [0.1, 0.15) is 31.2 Å². The lowest BCUT2D eigenvalue weighted by Gasteiger charge is -2.14. The number of rotatable bonds is 4. The van der Waals surface area contributed by atoms with Crippen molar-refractivity contribution in [2.45, 2.75) is 38.3 Å². The van der Waals surface area contributed by atoms with E-state index in [1.807, 2.05) is 12.1 Å². The van der Waals surface area contributed by atoms with Crippen LogP contribution in [0.5, 0.6) is 0 Å². The summed E-state index contributed by atoms with van der Waals surface area (Å²) in [6, 6.07) is 5.77. The summed E-state index contributed by atoms with van der Waals surface area (Å²) >= 11 is 0. The van der Waals surface area contributed by atoms with Crippen molar-refractivity contribution in [3.05, 3.63) is 35.8 Å². The number of benzene rings is 1. The molecule has 0 radical (unpaired) electrons. The van der Waals surface area contributed by atoms with Crippen LogP contribution in [0, 0.1) is 5.82 Å². The number of fused-ring (bicyclic) bond motifs is 1. The first-order chi connectivity index (χ1) is 11.7. The predicted octanol–water partition coefficient (Wildman–Crippen LogP) is 1.93. The number of nitrogens with zero attached hydrogens (tertiary/aromatic N) is 2. The quantitative estimate of drug-likeness (QED) is 0.745. The number of halogens is 1. The lowest BCUT2D eigenvalue weighted by atomic mass is 9.79. The van der Waals surface area contributed by atoms with Gasteiger partial charge in [0.05, 0.1) is 12.8 Å². The van der Waals surface area contributed by atoms with Crippen LogP contribution in [0.15, 0.2) is 24.4 Å². The molecule has 1 aromatic heterocycles. The van der Waals surface area contributed by atoms with Crippen molar-refractivity contribution in [1.82, 2.24) is 9.97 Å². The first kappa shape index (κ1) is 15.3. The van der Waals surface area contributed by atoms with Gasteiger partial charge in [0.15, 0.2) is 11.6 Å². The van der Waals surface area contributed by atoms with E-state index in [0.717, 1.165) is 29.6 Å². The van der Waals surface area contributed by atoms with Gasteiger partial charge < -0.3 is 20.3 Å². The molecule has 1 aliphatic carbocycles. The zero-order chi connectivity index (χ0) is 16.5. The third-order valence-corrected chi connectivity index (χ3v) is 4.50. The van der Waals surface area contributed by atoms with E-state index >= 15 is 0 Å². The fourth-order valence-electron chi connectivity index (χ4n) is 3.23. The highest BCUT2D eigenvalue weighted by atomic mass is 19.1. The van der Waals surface area contributed by atoms with Crippen molar-refractivity contribution in [3.63, 3.8) is 0 Å². The highest BCUT2D eigenvalue weighted by Gasteiger charge is 2.27. The Labute approximate surface area is 139 Å². The molecule has 1 fully saturated rings. The lowest BCUT2D eigenvalue weighted by molar-refractivity contribution is 0.275. The van der Waals surface area contributed by atoms with Crippen LogP contribution in [0.2, 0.25) is 0 Å². The number of aromatic nitrogens is 2. The van der Waals surface area contributed by atoms with Gasteiger partial charge in [0.25, 0.3) is 0 Å². The average molecular weight is 328 g/mol. The van der Waals surface area contributed by atoms with Crippen molar-refractivity contribution in [1.29, 1.82) is 0 Å². The number of anilines is 3. The maximum Gasteiger partial charge on any atom is 0.491 e. The molecule has 0 spiro atoms. The van der Waals surface area contributed by atoms with Crippen LogP contribution >= 0.6 is 0 Å². The second kappa shape index (κ2) is 6.37. The molecule has 1 aromatic carbocycles. The molecular formula is C16H18BFN4O2. The van der Waals surface area contributed by atoms with Gasteiger partial charge in [-0.2, -0.15) is 4.98 Å². The summed E-state index contributed by atoms with van der Waals surface area (Å²) in [4.78, 5) is 8.25. The van der Waals surface area contributed by atoms with Crippen molar-refractivity contribution in [2.75, 3.05) is 10.6 Å². The van der Waals surface area contributed by atoms with Gasteiger partial charge in [-0.1, -0.05) is 18.9 Å². The Morgan fingerprint density at radius 1 is 1.29 bits per heavy atom. The Kier molecular flexibility index (Phi) is 4.07. The van der Waals surface area contributed by atoms with Gasteiger partial charge in [0, 0.05) is 11.7 Å². The van der Waals surface area contributed by atoms with E-state index in [0.29, 0.717) is 12.6 Å². The molecule has 4 rings (SSSR count). The first-order valence-electron chi connectivity index (χ1n) is 8.17. The molecule has 6 nitrogen and oxygen atoms in total. The molecule has 0 atom stereocenters. The number of hydrogen-bond acceptors (Lipinski definition) is 6. The summed E-state index contributed by atoms with van der Waals surface area (Å²) in [5, 5.41) is 15.9. The normalized spacial score (nSPS) is 17.2. The van der Waals surface area contributed by atoms with E-state index in [-0.39, 0.29) is 11.9 Å². The highest BCUT2D eigenvalue weighted by molar-refractivity contribution is 6.61. The van der Waals surface area contributed by atoms with Gasteiger partial charge in [0.2, 0.25) is 5.95 Å². The number of nitrogens with one attached hydrogen (secondary N) is 2. The molecule has 2 aliphatic rings. The highest BCUT2D eigenvalue weighted by Crippen LogP contribution is 2.24. The van der Waals surface area contributed by atoms with E-state index in [9.17, 15) is 9.41 Å². The van der Waals surface area contributed by atoms with Gasteiger partial charge in [-0.05, 0) is 36.0 Å². The second-order valence-electron chi connectivity index (χ2n) is 6.22. The van der Waals surface area contributed by atoms with E-state index in [1.165, 1.54) is 19.0 Å². The van der Waals surface area contributed by atoms with Crippen LogP contribution in [0.4, 0.5) is 21.8 Å². The molecule has 0 amide bonds. The van der Waals surface area contributed by atoms with Crippen LogP contribution in [0.25, 0.3) is 0 Å². The lowest BCUT2D eigenvalue weighted by Crippen LogP contribution is -2.27. The van der Waals surface area contributed by atoms with Crippen molar-refractivity contribution < 1.29 is 14.1 Å². The molecular weight excluding hydrogens is 310 g/mol. The van der Waals surface area contributed by atoms with Gasteiger partial charge in [-0.25, -0.2) is 9.37 Å². The van der Waals surface area contributed by atoms with Crippen molar-refractivity contribution >= 4 is 30.0 Å². The second-order valence-corrected chi connectivity index (χ2v) is 6.22. The Hall–Kier alpha value is -2.19. The zero-order valence-electron chi connectivity index (χ0n) is 13.1. The minimum absolute atomic E-state index is 0.235. The molecule has 1 aliphatic heterocycles. The largest absolute Gasteiger partial charge is 0.491 e. The Morgan fingerprint density at radius 2 is 2.12 bits per heavy atom. The van der Waals surface area contributed by atoms with E-state index in [1.54, 1.807) is 6.07 Å². The SMILES string of the molecule is OB1OCc2cc(Nc3ncc(F)c(NC4CCCC4)n3)ccc21. The Morgan fingerprint density at radius 3 is 2.96 bits per heavy atom. The average Bonchev–Trinajstić information content (AvgIpc) is 3.21. The van der Waals surface area contributed by atoms with Crippen molar-refractivity contribution in [2.24, 2.45) is 0 Å². The summed E-state index contributed by atoms with van der Waals surface area (Å²) in [6.45, 7) is 0.366. The molecule has 24 heavy (non-hydrogen) atoms. The van der Waals surface area contributed by atoms with Crippen LogP contribution in [0.3, 0.4) is 0 Å². The Balaban J connectivity index is 1.52. The molecule has 8 heteroatoms. The van der Waals surface area contributed by atoms with Gasteiger partial charge >= 0.3 is 7.12 Å². The maximum atomic E-state index is 13.9. The van der Waals surface area contributed by atoms with E-state index in [4.69, 9.17) is 4.65 Å². The first-order valence-corrected chi connectivity index (χ1v) is 8.17. The van der Waals surface area contributed by atoms with Crippen LogP contribution in [-0.4, -0.2) is 28.2 Å². The molecule has 0 bridgehead atoms. The van der Waals surface area contributed by atoms with Gasteiger partial charge in [0.1, 0.15) is 0 Å². The monoisotopic (exact) mass is 328 g/mol. The molecule has 2 aromatic rings. The minimum atomic E-state index is -0.863. The summed E-state index contributed by atoms with van der Waals surface area (Å²) in [5.74, 6) is 0.119. The van der Waals surface area contributed by atoms with Crippen LogP contribution in [-0.2, 0) is 11.3 Å². The summed E-state index contributed by atoms with van der Waals surface area (Å²) in [7, 11) is -0.863. The van der Waals surface area contributed by atoms with Gasteiger partial charge in [-0.3, -0.25) is 0 Å². The summed E-state index contributed by atoms with van der Waals surface area (Å²) in [6.07, 6.45) is 5.59. The predicted molar refractivity (Wildman–Crippen MR) is 90.0 cm³/mol. The topological polar surface area (TPSA) is 79.3 Å². The van der Waals surface area contributed by atoms with E-state index < -0.39 is 12.9 Å². The van der Waals surface area contributed by atoms with E-state index in [2.05, 4.69) is 20.6 Å². The third-order valence-electron chi connectivity index (χ3n) is 4.50. The van der Waals surface area contributed by atoms with Crippen LogP contribution < -0.4 is 16.1 Å². The smallest absolute Gasteiger partial charge is 0.423 e. The van der Waals surface area contributed by atoms with Crippen molar-refractivity contribution in [3.8, 4) is 0 Å². The molecule has 0 unspecified atom stereocenters. The molecule has 3 N–H and O–H groups in total. The number of hydrogen-bond donors (Lipinski definition) is 3.